The van der Waals surface area contributed by atoms with E-state index in [9.17, 15) is 4.79 Å². The third kappa shape index (κ3) is 3.01. The SMILES string of the molecule is O=C(O)CN1CCN(Cc2ncon2)CC1. The van der Waals surface area contributed by atoms with Crippen LogP contribution in [0.4, 0.5) is 0 Å². The van der Waals surface area contributed by atoms with Gasteiger partial charge in [0, 0.05) is 26.2 Å². The molecule has 0 atom stereocenters. The number of carboxylic acid groups (broad SMARTS) is 1. The van der Waals surface area contributed by atoms with E-state index < -0.39 is 5.97 Å². The van der Waals surface area contributed by atoms with Crippen LogP contribution in [0.15, 0.2) is 10.9 Å². The van der Waals surface area contributed by atoms with E-state index in [0.29, 0.717) is 12.4 Å². The van der Waals surface area contributed by atoms with E-state index in [-0.39, 0.29) is 6.54 Å². The summed E-state index contributed by atoms with van der Waals surface area (Å²) in [6, 6.07) is 0. The summed E-state index contributed by atoms with van der Waals surface area (Å²) in [5, 5.41) is 12.4. The minimum atomic E-state index is -0.772. The fraction of sp³-hybridized carbons (Fsp3) is 0.667. The van der Waals surface area contributed by atoms with Crippen LogP contribution in [-0.4, -0.2) is 63.7 Å². The summed E-state index contributed by atoms with van der Waals surface area (Å²) in [5.74, 6) is -0.0988. The molecule has 88 valence electrons. The van der Waals surface area contributed by atoms with E-state index in [0.717, 1.165) is 26.2 Å². The van der Waals surface area contributed by atoms with E-state index >= 15 is 0 Å². The lowest BCUT2D eigenvalue weighted by Gasteiger charge is -2.32. The molecule has 0 radical (unpaired) electrons. The number of hydrogen-bond acceptors (Lipinski definition) is 6. The molecule has 16 heavy (non-hydrogen) atoms. The van der Waals surface area contributed by atoms with E-state index in [1.54, 1.807) is 0 Å². The third-order valence-electron chi connectivity index (χ3n) is 2.60. The molecule has 1 saturated heterocycles. The highest BCUT2D eigenvalue weighted by Gasteiger charge is 2.19. The van der Waals surface area contributed by atoms with Crippen LogP contribution in [0.2, 0.25) is 0 Å². The van der Waals surface area contributed by atoms with Crippen LogP contribution in [0.1, 0.15) is 5.82 Å². The molecular weight excluding hydrogens is 212 g/mol. The minimum Gasteiger partial charge on any atom is -0.480 e. The molecule has 0 unspecified atom stereocenters. The lowest BCUT2D eigenvalue weighted by molar-refractivity contribution is -0.138. The minimum absolute atomic E-state index is 0.121. The van der Waals surface area contributed by atoms with Crippen molar-refractivity contribution < 1.29 is 14.4 Å². The monoisotopic (exact) mass is 226 g/mol. The zero-order chi connectivity index (χ0) is 11.4. The average Bonchev–Trinajstić information content (AvgIpc) is 2.73. The summed E-state index contributed by atoms with van der Waals surface area (Å²) in [7, 11) is 0. The second-order valence-electron chi connectivity index (χ2n) is 3.79. The quantitative estimate of drug-likeness (QED) is 0.724. The van der Waals surface area contributed by atoms with Crippen molar-refractivity contribution >= 4 is 5.97 Å². The van der Waals surface area contributed by atoms with Crippen LogP contribution < -0.4 is 0 Å². The van der Waals surface area contributed by atoms with Crippen molar-refractivity contribution in [1.82, 2.24) is 19.9 Å². The maximum Gasteiger partial charge on any atom is 0.317 e. The Bertz CT molecular complexity index is 333. The van der Waals surface area contributed by atoms with Crippen molar-refractivity contribution in [2.75, 3.05) is 32.7 Å². The summed E-state index contributed by atoms with van der Waals surface area (Å²) in [6.07, 6.45) is 1.32. The van der Waals surface area contributed by atoms with Crippen LogP contribution in [0.25, 0.3) is 0 Å². The third-order valence-corrected chi connectivity index (χ3v) is 2.60. The molecular formula is C9H14N4O3. The van der Waals surface area contributed by atoms with Gasteiger partial charge in [-0.1, -0.05) is 5.16 Å². The Kier molecular flexibility index (Phi) is 3.47. The number of aromatic nitrogens is 2. The summed E-state index contributed by atoms with van der Waals surface area (Å²) in [5.41, 5.74) is 0. The Hall–Kier alpha value is -1.47. The Morgan fingerprint density at radius 3 is 2.62 bits per heavy atom. The van der Waals surface area contributed by atoms with Gasteiger partial charge in [0.25, 0.3) is 0 Å². The van der Waals surface area contributed by atoms with Crippen LogP contribution >= 0.6 is 0 Å². The van der Waals surface area contributed by atoms with Gasteiger partial charge in [-0.3, -0.25) is 14.6 Å². The normalized spacial score (nSPS) is 18.8. The van der Waals surface area contributed by atoms with E-state index in [4.69, 9.17) is 5.11 Å². The predicted molar refractivity (Wildman–Crippen MR) is 53.7 cm³/mol. The molecule has 0 amide bonds. The lowest BCUT2D eigenvalue weighted by atomic mass is 10.3. The first-order valence-electron chi connectivity index (χ1n) is 5.16. The number of carbonyl (C=O) groups is 1. The number of piperazine rings is 1. The molecule has 2 heterocycles. The van der Waals surface area contributed by atoms with Gasteiger partial charge in [0.05, 0.1) is 13.1 Å². The molecule has 0 bridgehead atoms. The molecule has 7 nitrogen and oxygen atoms in total. The van der Waals surface area contributed by atoms with Crippen LogP contribution in [0, 0.1) is 0 Å². The van der Waals surface area contributed by atoms with E-state index in [1.807, 2.05) is 4.90 Å². The zero-order valence-electron chi connectivity index (χ0n) is 8.87. The van der Waals surface area contributed by atoms with Gasteiger partial charge in [0.2, 0.25) is 6.39 Å². The maximum atomic E-state index is 10.5. The van der Waals surface area contributed by atoms with Crippen molar-refractivity contribution in [3.8, 4) is 0 Å². The van der Waals surface area contributed by atoms with Crippen LogP contribution in [0.5, 0.6) is 0 Å². The smallest absolute Gasteiger partial charge is 0.317 e. The van der Waals surface area contributed by atoms with Gasteiger partial charge in [-0.05, 0) is 0 Å². The Morgan fingerprint density at radius 1 is 1.38 bits per heavy atom. The molecule has 0 saturated carbocycles. The van der Waals surface area contributed by atoms with Crippen molar-refractivity contribution in [3.05, 3.63) is 12.2 Å². The van der Waals surface area contributed by atoms with Gasteiger partial charge in [-0.15, -0.1) is 0 Å². The topological polar surface area (TPSA) is 82.7 Å². The second-order valence-corrected chi connectivity index (χ2v) is 3.79. The molecule has 1 N–H and O–H groups in total. The molecule has 1 aliphatic heterocycles. The largest absolute Gasteiger partial charge is 0.480 e. The summed E-state index contributed by atoms with van der Waals surface area (Å²) in [6.45, 7) is 3.99. The molecule has 0 aromatic carbocycles. The van der Waals surface area contributed by atoms with Crippen molar-refractivity contribution in [2.24, 2.45) is 0 Å². The summed E-state index contributed by atoms with van der Waals surface area (Å²) in [4.78, 5) is 18.6. The summed E-state index contributed by atoms with van der Waals surface area (Å²) < 4.78 is 4.65. The van der Waals surface area contributed by atoms with E-state index in [2.05, 4.69) is 19.6 Å². The second kappa shape index (κ2) is 5.04. The summed E-state index contributed by atoms with van der Waals surface area (Å²) >= 11 is 0. The first-order valence-corrected chi connectivity index (χ1v) is 5.16. The highest BCUT2D eigenvalue weighted by Crippen LogP contribution is 2.04. The molecule has 0 spiro atoms. The highest BCUT2D eigenvalue weighted by atomic mass is 16.5. The molecule has 0 aliphatic carbocycles. The van der Waals surface area contributed by atoms with Gasteiger partial charge in [0.15, 0.2) is 5.82 Å². The Morgan fingerprint density at radius 2 is 2.06 bits per heavy atom. The molecule has 1 aliphatic rings. The zero-order valence-corrected chi connectivity index (χ0v) is 8.87. The molecule has 1 fully saturated rings. The number of carboxylic acids is 1. The van der Waals surface area contributed by atoms with Gasteiger partial charge < -0.3 is 9.63 Å². The predicted octanol–water partition coefficient (Wildman–Crippen LogP) is -0.728. The lowest BCUT2D eigenvalue weighted by Crippen LogP contribution is -2.47. The van der Waals surface area contributed by atoms with Crippen molar-refractivity contribution in [2.45, 2.75) is 6.54 Å². The molecule has 1 aromatic rings. The average molecular weight is 226 g/mol. The van der Waals surface area contributed by atoms with Gasteiger partial charge in [-0.25, -0.2) is 0 Å². The first kappa shape index (κ1) is 11.0. The van der Waals surface area contributed by atoms with Gasteiger partial charge >= 0.3 is 5.97 Å². The van der Waals surface area contributed by atoms with Crippen LogP contribution in [0.3, 0.4) is 0 Å². The standard InChI is InChI=1S/C9H14N4O3/c14-9(15)6-13-3-1-12(2-4-13)5-8-10-7-16-11-8/h7H,1-6H2,(H,14,15). The fourth-order valence-corrected chi connectivity index (χ4v) is 1.76. The Labute approximate surface area is 92.6 Å². The number of rotatable bonds is 4. The molecule has 7 heteroatoms. The molecule has 2 rings (SSSR count). The molecule has 1 aromatic heterocycles. The van der Waals surface area contributed by atoms with Crippen LogP contribution in [-0.2, 0) is 11.3 Å². The van der Waals surface area contributed by atoms with E-state index in [1.165, 1.54) is 6.39 Å². The van der Waals surface area contributed by atoms with Gasteiger partial charge in [-0.2, -0.15) is 4.98 Å². The Balaban J connectivity index is 1.75. The highest BCUT2D eigenvalue weighted by molar-refractivity contribution is 5.69. The number of aliphatic carboxylic acids is 1. The first-order chi connectivity index (χ1) is 7.74. The number of hydrogen-bond donors (Lipinski definition) is 1. The van der Waals surface area contributed by atoms with Crippen molar-refractivity contribution in [1.29, 1.82) is 0 Å². The van der Waals surface area contributed by atoms with Crippen molar-refractivity contribution in [3.63, 3.8) is 0 Å². The fourth-order valence-electron chi connectivity index (χ4n) is 1.76. The number of nitrogens with zero attached hydrogens (tertiary/aromatic N) is 4. The van der Waals surface area contributed by atoms with Gasteiger partial charge in [0.1, 0.15) is 0 Å². The maximum absolute atomic E-state index is 10.5.